The Bertz CT molecular complexity index is 103. The van der Waals surface area contributed by atoms with Crippen molar-refractivity contribution >= 4 is 12.4 Å². The first kappa shape index (κ1) is 12.2. The Morgan fingerprint density at radius 3 is 1.92 bits per heavy atom. The molecular formula is C8H18ClNO2. The zero-order valence-corrected chi connectivity index (χ0v) is 8.09. The highest BCUT2D eigenvalue weighted by atomic mass is 35.5. The molecule has 1 aliphatic heterocycles. The summed E-state index contributed by atoms with van der Waals surface area (Å²) >= 11 is 0. The van der Waals surface area contributed by atoms with Gasteiger partial charge in [-0.3, -0.25) is 4.90 Å². The van der Waals surface area contributed by atoms with Gasteiger partial charge in [0.05, 0.1) is 19.3 Å². The van der Waals surface area contributed by atoms with E-state index >= 15 is 0 Å². The van der Waals surface area contributed by atoms with E-state index in [0.29, 0.717) is 0 Å². The van der Waals surface area contributed by atoms with Crippen molar-refractivity contribution in [3.63, 3.8) is 0 Å². The second-order valence-corrected chi connectivity index (χ2v) is 3.12. The third-order valence-electron chi connectivity index (χ3n) is 2.33. The van der Waals surface area contributed by atoms with E-state index in [2.05, 4.69) is 4.90 Å². The molecule has 1 rings (SSSR count). The number of aliphatic hydroxyl groups excluding tert-OH is 2. The Labute approximate surface area is 79.8 Å². The first-order valence-corrected chi connectivity index (χ1v) is 4.34. The number of rotatable bonds is 3. The smallest absolute Gasteiger partial charge is 0.0609 e. The van der Waals surface area contributed by atoms with Crippen molar-refractivity contribution in [1.29, 1.82) is 0 Å². The summed E-state index contributed by atoms with van der Waals surface area (Å²) in [7, 11) is 0. The van der Waals surface area contributed by atoms with E-state index in [1.165, 1.54) is 19.3 Å². The Hall–Kier alpha value is 0.170. The molecule has 1 saturated heterocycles. The molecule has 4 heteroatoms. The molecular weight excluding hydrogens is 178 g/mol. The molecule has 0 spiro atoms. The van der Waals surface area contributed by atoms with E-state index in [4.69, 9.17) is 10.2 Å². The third-order valence-corrected chi connectivity index (χ3v) is 2.33. The maximum absolute atomic E-state index is 8.88. The fraction of sp³-hybridized carbons (Fsp3) is 1.00. The van der Waals surface area contributed by atoms with Gasteiger partial charge in [-0.15, -0.1) is 12.4 Å². The van der Waals surface area contributed by atoms with Crippen molar-refractivity contribution in [3.05, 3.63) is 0 Å². The highest BCUT2D eigenvalue weighted by Gasteiger charge is 2.18. The van der Waals surface area contributed by atoms with Gasteiger partial charge in [0, 0.05) is 0 Å². The van der Waals surface area contributed by atoms with Gasteiger partial charge in [0.15, 0.2) is 0 Å². The van der Waals surface area contributed by atoms with Gasteiger partial charge < -0.3 is 10.2 Å². The topological polar surface area (TPSA) is 43.7 Å². The average molecular weight is 196 g/mol. The molecule has 12 heavy (non-hydrogen) atoms. The van der Waals surface area contributed by atoms with Crippen LogP contribution in [0, 0.1) is 0 Å². The summed E-state index contributed by atoms with van der Waals surface area (Å²) in [6.45, 7) is 2.23. The van der Waals surface area contributed by atoms with Crippen LogP contribution in [0.25, 0.3) is 0 Å². The first-order chi connectivity index (χ1) is 5.38. The summed E-state index contributed by atoms with van der Waals surface area (Å²) < 4.78 is 0. The summed E-state index contributed by atoms with van der Waals surface area (Å²) in [5.41, 5.74) is 0. The lowest BCUT2D eigenvalue weighted by Crippen LogP contribution is -2.43. The van der Waals surface area contributed by atoms with Crippen LogP contribution in [0.2, 0.25) is 0 Å². The monoisotopic (exact) mass is 195 g/mol. The summed E-state index contributed by atoms with van der Waals surface area (Å²) in [6.07, 6.45) is 3.70. The van der Waals surface area contributed by atoms with E-state index < -0.39 is 0 Å². The van der Waals surface area contributed by atoms with Gasteiger partial charge >= 0.3 is 0 Å². The standard InChI is InChI=1S/C8H17NO2.ClH/c10-6-8(7-11)9-4-2-1-3-5-9;/h8,10-11H,1-7H2;1H. The lowest BCUT2D eigenvalue weighted by Gasteiger charge is -2.32. The van der Waals surface area contributed by atoms with Crippen LogP contribution in [0.4, 0.5) is 0 Å². The number of hydrogen-bond donors (Lipinski definition) is 2. The molecule has 0 unspecified atom stereocenters. The van der Waals surface area contributed by atoms with Gasteiger partial charge in [-0.05, 0) is 25.9 Å². The van der Waals surface area contributed by atoms with Crippen molar-refractivity contribution in [2.45, 2.75) is 25.3 Å². The van der Waals surface area contributed by atoms with Crippen molar-refractivity contribution in [2.24, 2.45) is 0 Å². The zero-order chi connectivity index (χ0) is 8.10. The number of piperidine rings is 1. The normalized spacial score (nSPS) is 19.2. The molecule has 2 N–H and O–H groups in total. The largest absolute Gasteiger partial charge is 0.395 e. The van der Waals surface area contributed by atoms with Crippen LogP contribution in [0.1, 0.15) is 19.3 Å². The lowest BCUT2D eigenvalue weighted by molar-refractivity contribution is 0.0612. The van der Waals surface area contributed by atoms with Crippen LogP contribution in [-0.4, -0.2) is 47.5 Å². The van der Waals surface area contributed by atoms with Crippen molar-refractivity contribution < 1.29 is 10.2 Å². The molecule has 74 valence electrons. The zero-order valence-electron chi connectivity index (χ0n) is 7.28. The number of nitrogens with zero attached hydrogens (tertiary/aromatic N) is 1. The van der Waals surface area contributed by atoms with Crippen LogP contribution in [0.3, 0.4) is 0 Å². The number of halogens is 1. The highest BCUT2D eigenvalue weighted by Crippen LogP contribution is 2.11. The van der Waals surface area contributed by atoms with Gasteiger partial charge in [-0.25, -0.2) is 0 Å². The van der Waals surface area contributed by atoms with Gasteiger partial charge in [-0.1, -0.05) is 6.42 Å². The minimum atomic E-state index is -0.0182. The fourth-order valence-corrected chi connectivity index (χ4v) is 1.57. The molecule has 0 aromatic heterocycles. The van der Waals surface area contributed by atoms with Crippen LogP contribution < -0.4 is 0 Å². The van der Waals surface area contributed by atoms with Crippen molar-refractivity contribution in [1.82, 2.24) is 4.90 Å². The molecule has 0 saturated carbocycles. The predicted octanol–water partition coefficient (Wildman–Crippen LogP) is 0.247. The van der Waals surface area contributed by atoms with E-state index in [-0.39, 0.29) is 31.7 Å². The summed E-state index contributed by atoms with van der Waals surface area (Å²) in [4.78, 5) is 2.17. The number of likely N-dealkylation sites (tertiary alicyclic amines) is 1. The summed E-state index contributed by atoms with van der Waals surface area (Å²) in [5, 5.41) is 17.8. The van der Waals surface area contributed by atoms with Gasteiger partial charge in [0.1, 0.15) is 0 Å². The quantitative estimate of drug-likeness (QED) is 0.679. The van der Waals surface area contributed by atoms with Crippen LogP contribution >= 0.6 is 12.4 Å². The molecule has 0 atom stereocenters. The second kappa shape index (κ2) is 6.66. The minimum absolute atomic E-state index is 0. The first-order valence-electron chi connectivity index (χ1n) is 4.34. The Morgan fingerprint density at radius 2 is 1.50 bits per heavy atom. The molecule has 0 aromatic rings. The molecule has 1 aliphatic rings. The van der Waals surface area contributed by atoms with Crippen molar-refractivity contribution in [3.8, 4) is 0 Å². The van der Waals surface area contributed by atoms with Crippen LogP contribution in [0.5, 0.6) is 0 Å². The van der Waals surface area contributed by atoms with Crippen LogP contribution in [0.15, 0.2) is 0 Å². The fourth-order valence-electron chi connectivity index (χ4n) is 1.57. The molecule has 0 aliphatic carbocycles. The molecule has 0 amide bonds. The average Bonchev–Trinajstić information content (AvgIpc) is 2.09. The molecule has 0 bridgehead atoms. The lowest BCUT2D eigenvalue weighted by atomic mass is 10.1. The van der Waals surface area contributed by atoms with E-state index in [9.17, 15) is 0 Å². The molecule has 0 aromatic carbocycles. The third kappa shape index (κ3) is 3.27. The van der Waals surface area contributed by atoms with E-state index in [1.807, 2.05) is 0 Å². The highest BCUT2D eigenvalue weighted by molar-refractivity contribution is 5.85. The minimum Gasteiger partial charge on any atom is -0.395 e. The number of aliphatic hydroxyl groups is 2. The van der Waals surface area contributed by atoms with Crippen LogP contribution in [-0.2, 0) is 0 Å². The maximum Gasteiger partial charge on any atom is 0.0609 e. The molecule has 1 fully saturated rings. The molecule has 0 radical (unpaired) electrons. The number of hydrogen-bond acceptors (Lipinski definition) is 3. The van der Waals surface area contributed by atoms with E-state index in [1.54, 1.807) is 0 Å². The molecule has 3 nitrogen and oxygen atoms in total. The SMILES string of the molecule is Cl.OCC(CO)N1CCCCC1. The summed E-state index contributed by atoms with van der Waals surface area (Å²) in [5.74, 6) is 0. The van der Waals surface area contributed by atoms with Crippen molar-refractivity contribution in [2.75, 3.05) is 26.3 Å². The van der Waals surface area contributed by atoms with Gasteiger partial charge in [0.2, 0.25) is 0 Å². The van der Waals surface area contributed by atoms with Gasteiger partial charge in [0.25, 0.3) is 0 Å². The van der Waals surface area contributed by atoms with E-state index in [0.717, 1.165) is 13.1 Å². The molecule has 1 heterocycles. The predicted molar refractivity (Wildman–Crippen MR) is 50.6 cm³/mol. The maximum atomic E-state index is 8.88. The Balaban J connectivity index is 0.00000121. The summed E-state index contributed by atoms with van der Waals surface area (Å²) in [6, 6.07) is -0.0182. The van der Waals surface area contributed by atoms with Gasteiger partial charge in [-0.2, -0.15) is 0 Å². The second-order valence-electron chi connectivity index (χ2n) is 3.12. The Kier molecular flexibility index (Phi) is 6.76. The Morgan fingerprint density at radius 1 is 1.00 bits per heavy atom.